The van der Waals surface area contributed by atoms with E-state index < -0.39 is 42.3 Å². The van der Waals surface area contributed by atoms with Crippen LogP contribution in [0.2, 0.25) is 40.9 Å². The van der Waals surface area contributed by atoms with Crippen LogP contribution in [0.3, 0.4) is 0 Å². The number of unbranched alkanes of at least 4 members (excludes halogenated alkanes) is 6. The molecule has 7 N–H and O–H groups in total. The molecule has 0 bridgehead atoms. The predicted molar refractivity (Wildman–Crippen MR) is 219 cm³/mol. The summed E-state index contributed by atoms with van der Waals surface area (Å²) < 4.78 is 10.8. The van der Waals surface area contributed by atoms with Gasteiger partial charge in [-0.2, -0.15) is 0 Å². The fourth-order valence-electron chi connectivity index (χ4n) is 6.15. The van der Waals surface area contributed by atoms with E-state index in [9.17, 15) is 30.1 Å². The maximum Gasteiger partial charge on any atom is 0.376 e. The molecular weight excluding hydrogens is 665 g/mol. The second-order valence-electron chi connectivity index (χ2n) is 14.0. The summed E-state index contributed by atoms with van der Waals surface area (Å²) in [5.74, 6) is 0. The van der Waals surface area contributed by atoms with Crippen LogP contribution >= 0.6 is 0 Å². The Labute approximate surface area is 319 Å². The van der Waals surface area contributed by atoms with Gasteiger partial charge in [-0.05, 0) is 73.4 Å². The molecule has 302 valence electrons. The van der Waals surface area contributed by atoms with Crippen LogP contribution in [0.4, 0.5) is 0 Å². The average Bonchev–Trinajstić information content (AvgIpc) is 3.07. The van der Waals surface area contributed by atoms with E-state index in [0.29, 0.717) is 85.3 Å². The second-order valence-corrected chi connectivity index (χ2v) is 14.0. The molecule has 21 heteroatoms. The SMILES string of the molecule is CCN(CCN(CCN(CCCCCCCCCN(CCN(CCN(CCOCCOCCO)B(C)O)B(C)O)B(C)O)B(C)O)B(C)O)B(C)O. The Kier molecular flexibility index (Phi) is 32.8. The minimum atomic E-state index is -0.656. The summed E-state index contributed by atoms with van der Waals surface area (Å²) in [5, 5.41) is 70.4. The lowest BCUT2D eigenvalue weighted by Crippen LogP contribution is -2.50. The summed E-state index contributed by atoms with van der Waals surface area (Å²) >= 11 is 0. The zero-order chi connectivity index (χ0) is 39.3. The molecule has 0 unspecified atom stereocenters. The maximum absolute atomic E-state index is 10.4. The summed E-state index contributed by atoms with van der Waals surface area (Å²) in [5.41, 5.74) is 0. The van der Waals surface area contributed by atoms with E-state index in [1.165, 1.54) is 0 Å². The van der Waals surface area contributed by atoms with E-state index in [1.807, 2.05) is 31.0 Å². The van der Waals surface area contributed by atoms with Crippen LogP contribution in [0.5, 0.6) is 0 Å². The molecule has 0 heterocycles. The average molecular weight is 742 g/mol. The molecule has 0 aromatic rings. The van der Waals surface area contributed by atoms with Crippen LogP contribution in [-0.2, 0) is 9.47 Å². The molecule has 0 spiro atoms. The summed E-state index contributed by atoms with van der Waals surface area (Å²) in [7, 11) is -3.56. The highest BCUT2D eigenvalue weighted by Gasteiger charge is 2.24. The normalized spacial score (nSPS) is 12.0. The van der Waals surface area contributed by atoms with Gasteiger partial charge in [0.05, 0.1) is 33.0 Å². The molecule has 0 saturated heterocycles. The van der Waals surface area contributed by atoms with E-state index in [0.717, 1.165) is 64.6 Å². The number of aliphatic hydroxyl groups is 1. The minimum Gasteiger partial charge on any atom is -0.437 e. The number of nitrogens with zero attached hydrogens (tertiary/aromatic N) is 6. The van der Waals surface area contributed by atoms with E-state index in [1.54, 1.807) is 40.9 Å². The van der Waals surface area contributed by atoms with E-state index >= 15 is 0 Å². The monoisotopic (exact) mass is 743 g/mol. The van der Waals surface area contributed by atoms with Crippen molar-refractivity contribution < 1.29 is 44.7 Å². The van der Waals surface area contributed by atoms with Crippen LogP contribution in [-0.4, -0.2) is 218 Å². The van der Waals surface area contributed by atoms with E-state index in [2.05, 4.69) is 4.81 Å². The Balaban J connectivity index is 4.42. The van der Waals surface area contributed by atoms with Crippen molar-refractivity contribution >= 4 is 42.3 Å². The predicted octanol–water partition coefficient (Wildman–Crippen LogP) is -0.764. The molecule has 0 atom stereocenters. The quantitative estimate of drug-likeness (QED) is 0.0312. The van der Waals surface area contributed by atoms with Crippen LogP contribution in [0.1, 0.15) is 51.9 Å². The Morgan fingerprint density at radius 1 is 0.346 bits per heavy atom. The lowest BCUT2D eigenvalue weighted by molar-refractivity contribution is 0.0299. The van der Waals surface area contributed by atoms with Gasteiger partial charge in [0.25, 0.3) is 0 Å². The Morgan fingerprint density at radius 3 is 0.923 bits per heavy atom. The van der Waals surface area contributed by atoms with Gasteiger partial charge < -0.3 is 73.6 Å². The molecule has 0 radical (unpaired) electrons. The molecule has 0 aromatic carbocycles. The van der Waals surface area contributed by atoms with Crippen molar-refractivity contribution in [3.8, 4) is 0 Å². The summed E-state index contributed by atoms with van der Waals surface area (Å²) in [4.78, 5) is 11.9. The third kappa shape index (κ3) is 26.6. The van der Waals surface area contributed by atoms with Gasteiger partial charge in [-0.25, -0.2) is 0 Å². The van der Waals surface area contributed by atoms with Crippen molar-refractivity contribution in [3.63, 3.8) is 0 Å². The van der Waals surface area contributed by atoms with Gasteiger partial charge in [0.2, 0.25) is 0 Å². The molecule has 0 rings (SSSR count). The smallest absolute Gasteiger partial charge is 0.376 e. The number of hydrogen-bond acceptors (Lipinski definition) is 15. The van der Waals surface area contributed by atoms with Gasteiger partial charge in [-0.1, -0.05) is 39.0 Å². The number of ether oxygens (including phenoxy) is 2. The molecular formula is C31H76B6N6O9. The van der Waals surface area contributed by atoms with E-state index in [4.69, 9.17) is 14.6 Å². The van der Waals surface area contributed by atoms with Crippen LogP contribution in [0.15, 0.2) is 0 Å². The summed E-state index contributed by atoms with van der Waals surface area (Å²) in [6.45, 7) is 22.0. The standard InChI is InChI=1S/C31H76B6N6O9/c1-8-38(32(2)45)18-19-41(35(5)48)22-20-39(33(3)46)16-14-12-10-9-11-13-15-17-40(34(4)47)21-23-42(36(6)49)24-25-43(37(7)50)26-28-51-30-31-52-29-27-44/h44-50H,8-31H2,1-7H3. The second kappa shape index (κ2) is 33.0. The lowest BCUT2D eigenvalue weighted by Gasteiger charge is -2.31. The number of likely N-dealkylation sites (N-methyl/N-ethyl adjacent to an activating group) is 1. The van der Waals surface area contributed by atoms with Crippen LogP contribution in [0.25, 0.3) is 0 Å². The number of rotatable bonds is 37. The number of aliphatic hydroxyl groups excluding tert-OH is 1. The molecule has 0 fully saturated rings. The van der Waals surface area contributed by atoms with Crippen molar-refractivity contribution in [2.45, 2.75) is 92.8 Å². The molecule has 0 aliphatic rings. The molecule has 0 saturated carbocycles. The summed E-state index contributed by atoms with van der Waals surface area (Å²) in [6, 6.07) is 0. The van der Waals surface area contributed by atoms with Crippen LogP contribution < -0.4 is 0 Å². The molecule has 0 aromatic heterocycles. The van der Waals surface area contributed by atoms with Crippen molar-refractivity contribution in [1.82, 2.24) is 28.9 Å². The fraction of sp³-hybridized carbons (Fsp3) is 1.00. The van der Waals surface area contributed by atoms with Crippen molar-refractivity contribution in [3.05, 3.63) is 0 Å². The van der Waals surface area contributed by atoms with Gasteiger partial charge in [-0.15, -0.1) is 0 Å². The van der Waals surface area contributed by atoms with E-state index in [-0.39, 0.29) is 6.61 Å². The molecule has 0 amide bonds. The van der Waals surface area contributed by atoms with Gasteiger partial charge in [0.1, 0.15) is 0 Å². The first kappa shape index (κ1) is 51.8. The Hall–Kier alpha value is -0.210. The summed E-state index contributed by atoms with van der Waals surface area (Å²) in [6.07, 6.45) is 7.59. The van der Waals surface area contributed by atoms with Gasteiger partial charge >= 0.3 is 42.3 Å². The molecule has 52 heavy (non-hydrogen) atoms. The molecule has 15 nitrogen and oxygen atoms in total. The van der Waals surface area contributed by atoms with Gasteiger partial charge in [0, 0.05) is 58.9 Å². The van der Waals surface area contributed by atoms with Crippen LogP contribution in [0, 0.1) is 0 Å². The fourth-order valence-corrected chi connectivity index (χ4v) is 6.15. The highest BCUT2D eigenvalue weighted by molar-refractivity contribution is 6.47. The molecule has 0 aliphatic heterocycles. The zero-order valence-corrected chi connectivity index (χ0v) is 34.1. The Morgan fingerprint density at radius 2 is 0.615 bits per heavy atom. The topological polar surface area (TPSA) is 180 Å². The Bertz CT molecular complexity index is 810. The zero-order valence-electron chi connectivity index (χ0n) is 34.1. The van der Waals surface area contributed by atoms with Crippen molar-refractivity contribution in [1.29, 1.82) is 0 Å². The third-order valence-electron chi connectivity index (χ3n) is 9.80. The first-order chi connectivity index (χ1) is 24.7. The van der Waals surface area contributed by atoms with Crippen molar-refractivity contribution in [2.24, 2.45) is 0 Å². The largest absolute Gasteiger partial charge is 0.437 e. The van der Waals surface area contributed by atoms with Crippen molar-refractivity contribution in [2.75, 3.05) is 112 Å². The maximum atomic E-state index is 10.4. The first-order valence-electron chi connectivity index (χ1n) is 20.0. The highest BCUT2D eigenvalue weighted by atomic mass is 16.5. The minimum absolute atomic E-state index is 0.0143. The lowest BCUT2D eigenvalue weighted by atomic mass is 9.82. The van der Waals surface area contributed by atoms with Gasteiger partial charge in [0.15, 0.2) is 0 Å². The molecule has 0 aliphatic carbocycles. The number of hydrogen-bond donors (Lipinski definition) is 7. The van der Waals surface area contributed by atoms with Gasteiger partial charge in [-0.3, -0.25) is 0 Å². The first-order valence-corrected chi connectivity index (χ1v) is 20.0. The third-order valence-corrected chi connectivity index (χ3v) is 9.80. The highest BCUT2D eigenvalue weighted by Crippen LogP contribution is 2.10.